The van der Waals surface area contributed by atoms with Gasteiger partial charge < -0.3 is 15.2 Å². The maximum absolute atomic E-state index is 11.2. The van der Waals surface area contributed by atoms with Gasteiger partial charge in [-0.15, -0.1) is 0 Å². The van der Waals surface area contributed by atoms with E-state index in [4.69, 9.17) is 15.2 Å². The summed E-state index contributed by atoms with van der Waals surface area (Å²) in [7, 11) is 1.55. The van der Waals surface area contributed by atoms with Crippen LogP contribution in [-0.2, 0) is 14.3 Å². The highest BCUT2D eigenvalue weighted by Crippen LogP contribution is 2.08. The van der Waals surface area contributed by atoms with E-state index in [1.807, 2.05) is 20.8 Å². The molecule has 0 heterocycles. The summed E-state index contributed by atoms with van der Waals surface area (Å²) in [6.07, 6.45) is 0.200. The van der Waals surface area contributed by atoms with Gasteiger partial charge >= 0.3 is 5.97 Å². The first kappa shape index (κ1) is 12.4. The van der Waals surface area contributed by atoms with Crippen LogP contribution in [0.5, 0.6) is 0 Å². The van der Waals surface area contributed by atoms with Gasteiger partial charge in [-0.05, 0) is 20.8 Å². The number of esters is 1. The van der Waals surface area contributed by atoms with E-state index >= 15 is 0 Å². The number of rotatable bonds is 4. The molecule has 0 amide bonds. The first-order chi connectivity index (χ1) is 5.85. The Bertz CT molecular complexity index is 163. The number of carbonyl (C=O) groups excluding carboxylic acids is 1. The van der Waals surface area contributed by atoms with E-state index in [9.17, 15) is 4.79 Å². The molecule has 1 unspecified atom stereocenters. The smallest absolute Gasteiger partial charge is 0.307 e. The van der Waals surface area contributed by atoms with Gasteiger partial charge in [0.2, 0.25) is 0 Å². The zero-order valence-corrected chi connectivity index (χ0v) is 8.79. The summed E-state index contributed by atoms with van der Waals surface area (Å²) in [5, 5.41) is 0. The predicted octanol–water partition coefficient (Wildman–Crippen LogP) is 0.692. The van der Waals surface area contributed by atoms with E-state index in [0.29, 0.717) is 6.61 Å². The third-order valence-electron chi connectivity index (χ3n) is 1.23. The summed E-state index contributed by atoms with van der Waals surface area (Å²) in [4.78, 5) is 11.2. The monoisotopic (exact) mass is 189 g/mol. The van der Waals surface area contributed by atoms with Gasteiger partial charge in [-0.1, -0.05) is 0 Å². The molecule has 0 bridgehead atoms. The highest BCUT2D eigenvalue weighted by atomic mass is 16.6. The molecule has 2 N–H and O–H groups in total. The van der Waals surface area contributed by atoms with Crippen LogP contribution in [-0.4, -0.2) is 31.3 Å². The number of methoxy groups -OCH3 is 1. The SMILES string of the molecule is COCC(N)CC(=O)OC(C)(C)C. The van der Waals surface area contributed by atoms with Crippen molar-refractivity contribution in [3.63, 3.8) is 0 Å². The van der Waals surface area contributed by atoms with E-state index in [1.54, 1.807) is 7.11 Å². The number of ether oxygens (including phenoxy) is 2. The first-order valence-corrected chi connectivity index (χ1v) is 4.31. The van der Waals surface area contributed by atoms with Gasteiger partial charge in [0.05, 0.1) is 13.0 Å². The van der Waals surface area contributed by atoms with Crippen LogP contribution in [0.15, 0.2) is 0 Å². The Morgan fingerprint density at radius 3 is 2.38 bits per heavy atom. The molecule has 0 spiro atoms. The molecular weight excluding hydrogens is 170 g/mol. The minimum absolute atomic E-state index is 0.200. The summed E-state index contributed by atoms with van der Waals surface area (Å²) >= 11 is 0. The van der Waals surface area contributed by atoms with Crippen LogP contribution in [0.2, 0.25) is 0 Å². The molecule has 0 radical (unpaired) electrons. The topological polar surface area (TPSA) is 61.5 Å². The summed E-state index contributed by atoms with van der Waals surface area (Å²) in [5.41, 5.74) is 5.14. The van der Waals surface area contributed by atoms with Crippen molar-refractivity contribution < 1.29 is 14.3 Å². The molecule has 4 nitrogen and oxygen atoms in total. The molecule has 4 heteroatoms. The van der Waals surface area contributed by atoms with Crippen molar-refractivity contribution >= 4 is 5.97 Å². The van der Waals surface area contributed by atoms with Gasteiger partial charge in [0.1, 0.15) is 5.60 Å². The molecule has 0 fully saturated rings. The lowest BCUT2D eigenvalue weighted by molar-refractivity contribution is -0.155. The Kier molecular flexibility index (Phi) is 4.95. The van der Waals surface area contributed by atoms with E-state index in [-0.39, 0.29) is 18.4 Å². The van der Waals surface area contributed by atoms with Crippen molar-refractivity contribution in [3.8, 4) is 0 Å². The first-order valence-electron chi connectivity index (χ1n) is 4.31. The molecule has 0 aromatic heterocycles. The molecule has 0 aliphatic heterocycles. The zero-order valence-electron chi connectivity index (χ0n) is 8.79. The average Bonchev–Trinajstić information content (AvgIpc) is 1.81. The van der Waals surface area contributed by atoms with E-state index in [2.05, 4.69) is 0 Å². The molecule has 0 aromatic carbocycles. The van der Waals surface area contributed by atoms with Crippen molar-refractivity contribution in [2.24, 2.45) is 5.73 Å². The zero-order chi connectivity index (χ0) is 10.5. The summed E-state index contributed by atoms with van der Waals surface area (Å²) in [6.45, 7) is 5.85. The largest absolute Gasteiger partial charge is 0.460 e. The van der Waals surface area contributed by atoms with E-state index < -0.39 is 5.60 Å². The second-order valence-corrected chi connectivity index (χ2v) is 4.01. The Morgan fingerprint density at radius 1 is 1.46 bits per heavy atom. The van der Waals surface area contributed by atoms with Crippen molar-refractivity contribution in [2.45, 2.75) is 38.8 Å². The number of hydrogen-bond acceptors (Lipinski definition) is 4. The lowest BCUT2D eigenvalue weighted by Gasteiger charge is -2.20. The number of nitrogens with two attached hydrogens (primary N) is 1. The van der Waals surface area contributed by atoms with Gasteiger partial charge in [-0.3, -0.25) is 4.79 Å². The van der Waals surface area contributed by atoms with Gasteiger partial charge in [0, 0.05) is 13.2 Å². The quantitative estimate of drug-likeness (QED) is 0.661. The second kappa shape index (κ2) is 5.19. The van der Waals surface area contributed by atoms with Crippen LogP contribution in [0.1, 0.15) is 27.2 Å². The van der Waals surface area contributed by atoms with Crippen molar-refractivity contribution in [3.05, 3.63) is 0 Å². The molecule has 0 aliphatic rings. The Labute approximate surface area is 79.4 Å². The molecule has 0 aliphatic carbocycles. The maximum atomic E-state index is 11.2. The molecule has 0 saturated heterocycles. The van der Waals surface area contributed by atoms with Gasteiger partial charge in [0.15, 0.2) is 0 Å². The molecule has 78 valence electrons. The Balaban J connectivity index is 3.74. The summed E-state index contributed by atoms with van der Waals surface area (Å²) in [5.74, 6) is -0.281. The third-order valence-corrected chi connectivity index (χ3v) is 1.23. The molecule has 0 saturated carbocycles. The van der Waals surface area contributed by atoms with E-state index in [1.165, 1.54) is 0 Å². The second-order valence-electron chi connectivity index (χ2n) is 4.01. The molecule has 1 atom stereocenters. The van der Waals surface area contributed by atoms with Crippen LogP contribution in [0, 0.1) is 0 Å². The Hall–Kier alpha value is -0.610. The van der Waals surface area contributed by atoms with Gasteiger partial charge in [-0.2, -0.15) is 0 Å². The number of hydrogen-bond donors (Lipinski definition) is 1. The molecule has 0 aromatic rings. The van der Waals surface area contributed by atoms with Crippen LogP contribution in [0.25, 0.3) is 0 Å². The maximum Gasteiger partial charge on any atom is 0.307 e. The van der Waals surface area contributed by atoms with E-state index in [0.717, 1.165) is 0 Å². The lowest BCUT2D eigenvalue weighted by atomic mass is 10.2. The Morgan fingerprint density at radius 2 is 2.00 bits per heavy atom. The number of carbonyl (C=O) groups is 1. The van der Waals surface area contributed by atoms with Gasteiger partial charge in [-0.25, -0.2) is 0 Å². The fourth-order valence-corrected chi connectivity index (χ4v) is 0.870. The fraction of sp³-hybridized carbons (Fsp3) is 0.889. The molecule has 0 rings (SSSR count). The van der Waals surface area contributed by atoms with Crippen molar-refractivity contribution in [1.29, 1.82) is 0 Å². The average molecular weight is 189 g/mol. The highest BCUT2D eigenvalue weighted by Gasteiger charge is 2.18. The third kappa shape index (κ3) is 7.74. The normalized spacial score (nSPS) is 13.9. The minimum Gasteiger partial charge on any atom is -0.460 e. The fourth-order valence-electron chi connectivity index (χ4n) is 0.870. The predicted molar refractivity (Wildman–Crippen MR) is 50.3 cm³/mol. The van der Waals surface area contributed by atoms with Crippen LogP contribution in [0.3, 0.4) is 0 Å². The van der Waals surface area contributed by atoms with Crippen molar-refractivity contribution in [1.82, 2.24) is 0 Å². The summed E-state index contributed by atoms with van der Waals surface area (Å²) < 4.78 is 9.88. The minimum atomic E-state index is -0.441. The van der Waals surface area contributed by atoms with Crippen LogP contribution < -0.4 is 5.73 Å². The lowest BCUT2D eigenvalue weighted by Crippen LogP contribution is -2.32. The molecule has 13 heavy (non-hydrogen) atoms. The van der Waals surface area contributed by atoms with Gasteiger partial charge in [0.25, 0.3) is 0 Å². The van der Waals surface area contributed by atoms with Crippen LogP contribution in [0.4, 0.5) is 0 Å². The summed E-state index contributed by atoms with van der Waals surface area (Å²) in [6, 6.07) is -0.278. The standard InChI is InChI=1S/C9H19NO3/c1-9(2,3)13-8(11)5-7(10)6-12-4/h7H,5-6,10H2,1-4H3. The van der Waals surface area contributed by atoms with Crippen LogP contribution >= 0.6 is 0 Å². The van der Waals surface area contributed by atoms with Crippen molar-refractivity contribution in [2.75, 3.05) is 13.7 Å². The highest BCUT2D eigenvalue weighted by molar-refractivity contribution is 5.70. The molecular formula is C9H19NO3.